The predicted octanol–water partition coefficient (Wildman–Crippen LogP) is 3.31. The van der Waals surface area contributed by atoms with Gasteiger partial charge in [-0.1, -0.05) is 36.1 Å². The lowest BCUT2D eigenvalue weighted by molar-refractivity contribution is 0.198. The summed E-state index contributed by atoms with van der Waals surface area (Å²) in [6.07, 6.45) is -0.698. The summed E-state index contributed by atoms with van der Waals surface area (Å²) in [6, 6.07) is 13.9. The molecule has 0 aliphatic heterocycles. The van der Waals surface area contributed by atoms with Gasteiger partial charge in [0.05, 0.1) is 6.10 Å². The van der Waals surface area contributed by atoms with E-state index in [0.717, 1.165) is 5.56 Å². The van der Waals surface area contributed by atoms with Gasteiger partial charge in [-0.2, -0.15) is 0 Å². The zero-order chi connectivity index (χ0) is 14.4. The van der Waals surface area contributed by atoms with E-state index in [-0.39, 0.29) is 12.4 Å². The first-order valence-electron chi connectivity index (χ1n) is 6.31. The Labute approximate surface area is 117 Å². The predicted molar refractivity (Wildman–Crippen MR) is 75.8 cm³/mol. The lowest BCUT2D eigenvalue weighted by Gasteiger charge is -2.08. The largest absolute Gasteiger partial charge is 0.478 e. The van der Waals surface area contributed by atoms with Crippen molar-refractivity contribution in [3.05, 3.63) is 65.5 Å². The number of benzene rings is 2. The second kappa shape index (κ2) is 6.74. The second-order valence-electron chi connectivity index (χ2n) is 4.32. The normalized spacial score (nSPS) is 11.3. The molecule has 3 heteroatoms. The lowest BCUT2D eigenvalue weighted by atomic mass is 10.1. The topological polar surface area (TPSA) is 29.5 Å². The molecule has 0 spiro atoms. The Morgan fingerprint density at radius 1 is 1.20 bits per heavy atom. The molecule has 102 valence electrons. The van der Waals surface area contributed by atoms with Gasteiger partial charge in [-0.3, -0.25) is 0 Å². The van der Waals surface area contributed by atoms with Gasteiger partial charge in [0.25, 0.3) is 0 Å². The van der Waals surface area contributed by atoms with Gasteiger partial charge in [0, 0.05) is 5.56 Å². The molecule has 0 amide bonds. The maximum atomic E-state index is 13.7. The summed E-state index contributed by atoms with van der Waals surface area (Å²) >= 11 is 0. The summed E-state index contributed by atoms with van der Waals surface area (Å²) in [5, 5.41) is 9.35. The highest BCUT2D eigenvalue weighted by Gasteiger charge is 2.07. The highest BCUT2D eigenvalue weighted by molar-refractivity contribution is 5.34. The van der Waals surface area contributed by atoms with E-state index in [2.05, 4.69) is 11.8 Å². The molecule has 0 bridgehead atoms. The SMILES string of the molecule is C[C@@H](O)c1ccc(OCC#Cc2ccccc2)c(F)c1. The molecule has 2 rings (SSSR count). The minimum Gasteiger partial charge on any atom is -0.478 e. The Bertz CT molecular complexity index is 624. The van der Waals surface area contributed by atoms with Crippen LogP contribution in [0.2, 0.25) is 0 Å². The van der Waals surface area contributed by atoms with Crippen LogP contribution >= 0.6 is 0 Å². The average Bonchev–Trinajstić information content (AvgIpc) is 2.46. The zero-order valence-corrected chi connectivity index (χ0v) is 11.1. The Morgan fingerprint density at radius 2 is 1.95 bits per heavy atom. The van der Waals surface area contributed by atoms with Gasteiger partial charge < -0.3 is 9.84 Å². The van der Waals surface area contributed by atoms with Crippen LogP contribution in [0.1, 0.15) is 24.2 Å². The van der Waals surface area contributed by atoms with Gasteiger partial charge >= 0.3 is 0 Å². The first-order valence-corrected chi connectivity index (χ1v) is 6.31. The van der Waals surface area contributed by atoms with E-state index in [1.165, 1.54) is 12.1 Å². The minimum absolute atomic E-state index is 0.111. The summed E-state index contributed by atoms with van der Waals surface area (Å²) in [5.74, 6) is 5.39. The highest BCUT2D eigenvalue weighted by atomic mass is 19.1. The van der Waals surface area contributed by atoms with Crippen molar-refractivity contribution >= 4 is 0 Å². The fourth-order valence-electron chi connectivity index (χ4n) is 1.67. The van der Waals surface area contributed by atoms with E-state index < -0.39 is 11.9 Å². The Morgan fingerprint density at radius 3 is 2.60 bits per heavy atom. The van der Waals surface area contributed by atoms with Crippen molar-refractivity contribution in [1.82, 2.24) is 0 Å². The van der Waals surface area contributed by atoms with Gasteiger partial charge in [-0.25, -0.2) is 4.39 Å². The molecule has 0 aliphatic rings. The summed E-state index contributed by atoms with van der Waals surface area (Å²) in [4.78, 5) is 0. The van der Waals surface area contributed by atoms with E-state index in [1.807, 2.05) is 30.3 Å². The van der Waals surface area contributed by atoms with E-state index in [9.17, 15) is 9.50 Å². The van der Waals surface area contributed by atoms with Crippen LogP contribution in [-0.2, 0) is 0 Å². The molecule has 0 aliphatic carbocycles. The smallest absolute Gasteiger partial charge is 0.165 e. The van der Waals surface area contributed by atoms with E-state index in [4.69, 9.17) is 4.74 Å². The summed E-state index contributed by atoms with van der Waals surface area (Å²) in [5.41, 5.74) is 1.41. The summed E-state index contributed by atoms with van der Waals surface area (Å²) < 4.78 is 18.9. The standard InChI is InChI=1S/C17H15FO2/c1-13(19)15-9-10-17(16(18)12-15)20-11-5-8-14-6-3-2-4-7-14/h2-4,6-7,9-10,12-13,19H,11H2,1H3/t13-/m1/s1. The van der Waals surface area contributed by atoms with Crippen molar-refractivity contribution in [2.24, 2.45) is 0 Å². The van der Waals surface area contributed by atoms with E-state index in [0.29, 0.717) is 5.56 Å². The van der Waals surface area contributed by atoms with Crippen LogP contribution in [0.5, 0.6) is 5.75 Å². The number of hydrogen-bond acceptors (Lipinski definition) is 2. The molecule has 0 saturated carbocycles. The molecule has 0 saturated heterocycles. The van der Waals surface area contributed by atoms with Gasteiger partial charge in [-0.15, -0.1) is 0 Å². The third-order valence-corrected chi connectivity index (χ3v) is 2.74. The maximum absolute atomic E-state index is 13.7. The Kier molecular flexibility index (Phi) is 4.75. The van der Waals surface area contributed by atoms with E-state index >= 15 is 0 Å². The number of rotatable bonds is 3. The van der Waals surface area contributed by atoms with Gasteiger partial charge in [0.15, 0.2) is 11.6 Å². The molecule has 0 fully saturated rings. The molecule has 20 heavy (non-hydrogen) atoms. The van der Waals surface area contributed by atoms with Crippen molar-refractivity contribution in [2.45, 2.75) is 13.0 Å². The first kappa shape index (κ1) is 14.1. The van der Waals surface area contributed by atoms with Crippen LogP contribution in [0, 0.1) is 17.7 Å². The fraction of sp³-hybridized carbons (Fsp3) is 0.176. The molecule has 2 aromatic carbocycles. The summed E-state index contributed by atoms with van der Waals surface area (Å²) in [6.45, 7) is 1.69. The molecule has 2 aromatic rings. The van der Waals surface area contributed by atoms with Crippen LogP contribution in [0.3, 0.4) is 0 Å². The van der Waals surface area contributed by atoms with E-state index in [1.54, 1.807) is 13.0 Å². The van der Waals surface area contributed by atoms with Crippen molar-refractivity contribution in [3.63, 3.8) is 0 Å². The Hall–Kier alpha value is -2.31. The van der Waals surface area contributed by atoms with Gasteiger partial charge in [0.2, 0.25) is 0 Å². The molecular formula is C17H15FO2. The molecule has 2 nitrogen and oxygen atoms in total. The number of halogens is 1. The number of ether oxygens (including phenoxy) is 1. The molecule has 1 atom stereocenters. The molecule has 0 unspecified atom stereocenters. The summed E-state index contributed by atoms with van der Waals surface area (Å²) in [7, 11) is 0. The van der Waals surface area contributed by atoms with Crippen molar-refractivity contribution in [1.29, 1.82) is 0 Å². The quantitative estimate of drug-likeness (QED) is 0.867. The van der Waals surface area contributed by atoms with Crippen LogP contribution in [-0.4, -0.2) is 11.7 Å². The molecule has 1 N–H and O–H groups in total. The second-order valence-corrected chi connectivity index (χ2v) is 4.32. The monoisotopic (exact) mass is 270 g/mol. The third-order valence-electron chi connectivity index (χ3n) is 2.74. The van der Waals surface area contributed by atoms with Crippen LogP contribution in [0.25, 0.3) is 0 Å². The zero-order valence-electron chi connectivity index (χ0n) is 11.1. The average molecular weight is 270 g/mol. The molecular weight excluding hydrogens is 255 g/mol. The molecule has 0 heterocycles. The van der Waals surface area contributed by atoms with Crippen LogP contribution in [0.15, 0.2) is 48.5 Å². The lowest BCUT2D eigenvalue weighted by Crippen LogP contribution is -1.99. The van der Waals surface area contributed by atoms with Gasteiger partial charge in [-0.05, 0) is 36.8 Å². The van der Waals surface area contributed by atoms with Crippen molar-refractivity contribution < 1.29 is 14.2 Å². The number of aliphatic hydroxyl groups excluding tert-OH is 1. The van der Waals surface area contributed by atoms with Gasteiger partial charge in [0.1, 0.15) is 6.61 Å². The first-order chi connectivity index (χ1) is 9.66. The molecule has 0 aromatic heterocycles. The number of aliphatic hydroxyl groups is 1. The Balaban J connectivity index is 1.97. The third kappa shape index (κ3) is 3.84. The van der Waals surface area contributed by atoms with Crippen LogP contribution < -0.4 is 4.74 Å². The maximum Gasteiger partial charge on any atom is 0.165 e. The number of hydrogen-bond donors (Lipinski definition) is 1. The van der Waals surface area contributed by atoms with Crippen molar-refractivity contribution in [3.8, 4) is 17.6 Å². The minimum atomic E-state index is -0.698. The highest BCUT2D eigenvalue weighted by Crippen LogP contribution is 2.21. The van der Waals surface area contributed by atoms with Crippen molar-refractivity contribution in [2.75, 3.05) is 6.61 Å². The fourth-order valence-corrected chi connectivity index (χ4v) is 1.67. The van der Waals surface area contributed by atoms with Crippen LogP contribution in [0.4, 0.5) is 4.39 Å². The molecule has 0 radical (unpaired) electrons.